The van der Waals surface area contributed by atoms with Gasteiger partial charge in [-0.05, 0) is 12.0 Å². The molecule has 1 aromatic heterocycles. The van der Waals surface area contributed by atoms with E-state index in [0.717, 1.165) is 17.0 Å². The summed E-state index contributed by atoms with van der Waals surface area (Å²) in [5, 5.41) is 5.80. The predicted molar refractivity (Wildman–Crippen MR) is 76.9 cm³/mol. The molecular formula is C14H17N3OS. The van der Waals surface area contributed by atoms with Gasteiger partial charge in [0.05, 0.1) is 11.0 Å². The normalized spacial score (nSPS) is 12.1. The summed E-state index contributed by atoms with van der Waals surface area (Å²) in [6, 6.07) is 9.29. The highest BCUT2D eigenvalue weighted by Gasteiger charge is 2.13. The summed E-state index contributed by atoms with van der Waals surface area (Å²) in [6.07, 6.45) is 3.08. The van der Waals surface area contributed by atoms with Gasteiger partial charge in [0, 0.05) is 24.5 Å². The number of nitrogens with zero attached hydrogens (tertiary/aromatic N) is 1. The molecule has 1 unspecified atom stereocenters. The van der Waals surface area contributed by atoms with Gasteiger partial charge < -0.3 is 11.1 Å². The first kappa shape index (κ1) is 13.7. The topological polar surface area (TPSA) is 68.0 Å². The van der Waals surface area contributed by atoms with Gasteiger partial charge in [-0.15, -0.1) is 11.3 Å². The van der Waals surface area contributed by atoms with Crippen LogP contribution >= 0.6 is 11.3 Å². The second-order valence-corrected chi connectivity index (χ2v) is 5.24. The van der Waals surface area contributed by atoms with Crippen LogP contribution in [0.3, 0.4) is 0 Å². The molecule has 0 fully saturated rings. The van der Waals surface area contributed by atoms with Gasteiger partial charge in [0.25, 0.3) is 0 Å². The van der Waals surface area contributed by atoms with Crippen molar-refractivity contribution in [2.75, 3.05) is 6.54 Å². The Labute approximate surface area is 116 Å². The van der Waals surface area contributed by atoms with Crippen molar-refractivity contribution >= 4 is 17.2 Å². The van der Waals surface area contributed by atoms with Crippen LogP contribution in [0.25, 0.3) is 0 Å². The average molecular weight is 275 g/mol. The molecule has 1 atom stereocenters. The third-order valence-electron chi connectivity index (χ3n) is 2.76. The number of nitrogens with one attached hydrogen (secondary N) is 1. The Bertz CT molecular complexity index is 499. The number of aromatic nitrogens is 1. The Hall–Kier alpha value is -1.72. The van der Waals surface area contributed by atoms with Crippen LogP contribution in [0, 0.1) is 0 Å². The summed E-state index contributed by atoms with van der Waals surface area (Å²) < 4.78 is 0. The van der Waals surface area contributed by atoms with E-state index >= 15 is 0 Å². The number of benzene rings is 1. The second kappa shape index (κ2) is 7.01. The van der Waals surface area contributed by atoms with E-state index in [1.807, 2.05) is 35.7 Å². The molecule has 2 aromatic rings. The molecule has 4 nitrogen and oxygen atoms in total. The predicted octanol–water partition coefficient (Wildman–Crippen LogP) is 1.37. The zero-order chi connectivity index (χ0) is 13.5. The van der Waals surface area contributed by atoms with Gasteiger partial charge in [0.2, 0.25) is 5.91 Å². The average Bonchev–Trinajstić information content (AvgIpc) is 2.93. The molecule has 2 rings (SSSR count). The van der Waals surface area contributed by atoms with Crippen LogP contribution in [-0.4, -0.2) is 23.5 Å². The highest BCUT2D eigenvalue weighted by atomic mass is 32.1. The summed E-state index contributed by atoms with van der Waals surface area (Å²) >= 11 is 1.59. The second-order valence-electron chi connectivity index (χ2n) is 4.26. The molecule has 1 amide bonds. The van der Waals surface area contributed by atoms with Crippen LogP contribution in [0.5, 0.6) is 0 Å². The van der Waals surface area contributed by atoms with Crippen LogP contribution in [0.4, 0.5) is 0 Å². The van der Waals surface area contributed by atoms with Crippen molar-refractivity contribution in [2.24, 2.45) is 5.73 Å². The van der Waals surface area contributed by atoms with Crippen LogP contribution in [-0.2, 0) is 17.6 Å². The van der Waals surface area contributed by atoms with E-state index in [9.17, 15) is 4.79 Å². The number of nitrogens with two attached hydrogens (primary N) is 1. The molecule has 0 saturated heterocycles. The van der Waals surface area contributed by atoms with E-state index in [-0.39, 0.29) is 5.91 Å². The fraction of sp³-hybridized carbons (Fsp3) is 0.286. The van der Waals surface area contributed by atoms with Crippen molar-refractivity contribution in [1.29, 1.82) is 0 Å². The molecule has 3 N–H and O–H groups in total. The molecule has 0 aliphatic heterocycles. The van der Waals surface area contributed by atoms with Gasteiger partial charge in [0.1, 0.15) is 0 Å². The largest absolute Gasteiger partial charge is 0.354 e. The minimum Gasteiger partial charge on any atom is -0.354 e. The van der Waals surface area contributed by atoms with Gasteiger partial charge >= 0.3 is 0 Å². The molecule has 1 heterocycles. The summed E-state index contributed by atoms with van der Waals surface area (Å²) in [5.41, 5.74) is 6.96. The SMILES string of the molecule is NC(Cc1ccccc1)C(=O)NCCc1nccs1. The molecule has 0 aliphatic carbocycles. The molecule has 100 valence electrons. The van der Waals surface area contributed by atoms with E-state index in [1.54, 1.807) is 17.5 Å². The van der Waals surface area contributed by atoms with E-state index in [4.69, 9.17) is 5.73 Å². The summed E-state index contributed by atoms with van der Waals surface area (Å²) in [5.74, 6) is -0.111. The number of hydrogen-bond donors (Lipinski definition) is 2. The van der Waals surface area contributed by atoms with Gasteiger partial charge in [0.15, 0.2) is 0 Å². The standard InChI is InChI=1S/C14H17N3OS/c15-12(10-11-4-2-1-3-5-11)14(18)17-7-6-13-16-8-9-19-13/h1-5,8-9,12H,6-7,10,15H2,(H,17,18). The van der Waals surface area contributed by atoms with E-state index < -0.39 is 6.04 Å². The monoisotopic (exact) mass is 275 g/mol. The minimum absolute atomic E-state index is 0.111. The molecule has 0 bridgehead atoms. The fourth-order valence-electron chi connectivity index (χ4n) is 1.76. The highest BCUT2D eigenvalue weighted by molar-refractivity contribution is 7.09. The zero-order valence-electron chi connectivity index (χ0n) is 10.6. The lowest BCUT2D eigenvalue weighted by atomic mass is 10.1. The van der Waals surface area contributed by atoms with Crippen LogP contribution in [0.15, 0.2) is 41.9 Å². The molecule has 0 saturated carbocycles. The first-order valence-corrected chi connectivity index (χ1v) is 7.09. The Morgan fingerprint density at radius 3 is 2.84 bits per heavy atom. The summed E-state index contributed by atoms with van der Waals surface area (Å²) in [4.78, 5) is 16.0. The maximum Gasteiger partial charge on any atom is 0.237 e. The number of carbonyl (C=O) groups is 1. The number of amides is 1. The van der Waals surface area contributed by atoms with Crippen molar-refractivity contribution in [3.8, 4) is 0 Å². The first-order chi connectivity index (χ1) is 9.25. The van der Waals surface area contributed by atoms with Crippen LogP contribution < -0.4 is 11.1 Å². The van der Waals surface area contributed by atoms with Crippen LogP contribution in [0.2, 0.25) is 0 Å². The maximum absolute atomic E-state index is 11.8. The summed E-state index contributed by atoms with van der Waals surface area (Å²) in [6.45, 7) is 0.578. The third kappa shape index (κ3) is 4.46. The molecule has 19 heavy (non-hydrogen) atoms. The Morgan fingerprint density at radius 2 is 2.16 bits per heavy atom. The molecule has 0 spiro atoms. The lowest BCUT2D eigenvalue weighted by Crippen LogP contribution is -2.42. The molecular weight excluding hydrogens is 258 g/mol. The van der Waals surface area contributed by atoms with E-state index in [2.05, 4.69) is 10.3 Å². The molecule has 1 aromatic carbocycles. The molecule has 5 heteroatoms. The lowest BCUT2D eigenvalue weighted by molar-refractivity contribution is -0.122. The van der Waals surface area contributed by atoms with Gasteiger partial charge in [-0.1, -0.05) is 30.3 Å². The van der Waals surface area contributed by atoms with Gasteiger partial charge in [-0.3, -0.25) is 4.79 Å². The fourth-order valence-corrected chi connectivity index (χ4v) is 2.38. The Morgan fingerprint density at radius 1 is 1.37 bits per heavy atom. The van der Waals surface area contributed by atoms with Gasteiger partial charge in [-0.25, -0.2) is 4.98 Å². The van der Waals surface area contributed by atoms with Crippen LogP contribution in [0.1, 0.15) is 10.6 Å². The smallest absolute Gasteiger partial charge is 0.237 e. The number of hydrogen-bond acceptors (Lipinski definition) is 4. The van der Waals surface area contributed by atoms with Gasteiger partial charge in [-0.2, -0.15) is 0 Å². The van der Waals surface area contributed by atoms with Crippen molar-refractivity contribution < 1.29 is 4.79 Å². The van der Waals surface area contributed by atoms with Crippen molar-refractivity contribution in [1.82, 2.24) is 10.3 Å². The van der Waals surface area contributed by atoms with Crippen molar-refractivity contribution in [3.63, 3.8) is 0 Å². The Kier molecular flexibility index (Phi) is 5.06. The van der Waals surface area contributed by atoms with Crippen molar-refractivity contribution in [3.05, 3.63) is 52.5 Å². The van der Waals surface area contributed by atoms with E-state index in [1.165, 1.54) is 0 Å². The number of carbonyl (C=O) groups excluding carboxylic acids is 1. The van der Waals surface area contributed by atoms with E-state index in [0.29, 0.717) is 13.0 Å². The quantitative estimate of drug-likeness (QED) is 0.836. The zero-order valence-corrected chi connectivity index (χ0v) is 11.4. The highest BCUT2D eigenvalue weighted by Crippen LogP contribution is 2.04. The number of thiazole rings is 1. The lowest BCUT2D eigenvalue weighted by Gasteiger charge is -2.11. The maximum atomic E-state index is 11.8. The minimum atomic E-state index is -0.501. The third-order valence-corrected chi connectivity index (χ3v) is 3.60. The Balaban J connectivity index is 1.73. The molecule has 0 radical (unpaired) electrons. The number of rotatable bonds is 6. The first-order valence-electron chi connectivity index (χ1n) is 6.21. The van der Waals surface area contributed by atoms with Crippen molar-refractivity contribution in [2.45, 2.75) is 18.9 Å². The summed E-state index contributed by atoms with van der Waals surface area (Å²) in [7, 11) is 0. The molecule has 0 aliphatic rings.